The zero-order valence-corrected chi connectivity index (χ0v) is 45.9. The van der Waals surface area contributed by atoms with Crippen molar-refractivity contribution in [3.8, 4) is 0 Å². The predicted octanol–water partition coefficient (Wildman–Crippen LogP) is 19.0. The maximum absolute atomic E-state index is 12.5. The molecule has 402 valence electrons. The fraction of sp³-hybridized carbons (Fsp3) is 0.903. The average molecular weight is 959 g/mol. The Hall–Kier alpha value is -1.66. The summed E-state index contributed by atoms with van der Waals surface area (Å²) < 4.78 is 5.47. The molecule has 0 aromatic heterocycles. The number of carbonyl (C=O) groups excluding carboxylic acids is 2. The van der Waals surface area contributed by atoms with Crippen LogP contribution in [0.2, 0.25) is 0 Å². The Labute approximate surface area is 424 Å². The standard InChI is InChI=1S/C62H119NO5/c1-3-5-7-9-11-13-15-17-18-27-31-34-38-42-46-50-54-60(65)59(58-64)63-61(66)55-51-47-43-39-35-32-28-25-23-21-19-20-22-24-26-29-33-37-41-45-49-53-57-68-62(67)56-52-48-44-40-36-30-16-14-12-10-8-6-4-2/h14,16,50,54,59-60,64-65H,3-13,15,17-49,51-53,55-58H2,1-2H3,(H,63,66)/b16-14-,54-50+. The van der Waals surface area contributed by atoms with E-state index in [1.54, 1.807) is 6.08 Å². The highest BCUT2D eigenvalue weighted by Crippen LogP contribution is 2.17. The molecule has 0 aliphatic heterocycles. The number of ether oxygens (including phenoxy) is 1. The van der Waals surface area contributed by atoms with E-state index in [2.05, 4.69) is 31.3 Å². The molecule has 1 amide bonds. The van der Waals surface area contributed by atoms with Crippen LogP contribution in [-0.4, -0.2) is 47.4 Å². The molecule has 68 heavy (non-hydrogen) atoms. The maximum Gasteiger partial charge on any atom is 0.305 e. The number of aliphatic hydroxyl groups excluding tert-OH is 2. The molecule has 0 fully saturated rings. The van der Waals surface area contributed by atoms with Gasteiger partial charge >= 0.3 is 5.97 Å². The van der Waals surface area contributed by atoms with E-state index in [4.69, 9.17) is 4.74 Å². The lowest BCUT2D eigenvalue weighted by atomic mass is 10.0. The number of esters is 1. The van der Waals surface area contributed by atoms with Crippen LogP contribution in [0, 0.1) is 0 Å². The summed E-state index contributed by atoms with van der Waals surface area (Å²) in [6.07, 6.45) is 70.7. The molecule has 0 saturated heterocycles. The molecular formula is C62H119NO5. The lowest BCUT2D eigenvalue weighted by molar-refractivity contribution is -0.143. The van der Waals surface area contributed by atoms with Crippen LogP contribution in [0.3, 0.4) is 0 Å². The summed E-state index contributed by atoms with van der Waals surface area (Å²) in [6.45, 7) is 4.90. The van der Waals surface area contributed by atoms with E-state index in [9.17, 15) is 19.8 Å². The largest absolute Gasteiger partial charge is 0.466 e. The molecule has 6 heteroatoms. The van der Waals surface area contributed by atoms with Crippen LogP contribution in [-0.2, 0) is 14.3 Å². The van der Waals surface area contributed by atoms with Gasteiger partial charge in [0.05, 0.1) is 25.4 Å². The van der Waals surface area contributed by atoms with Crippen LogP contribution in [0.25, 0.3) is 0 Å². The van der Waals surface area contributed by atoms with Crippen molar-refractivity contribution in [1.82, 2.24) is 5.32 Å². The smallest absolute Gasteiger partial charge is 0.305 e. The van der Waals surface area contributed by atoms with Crippen LogP contribution in [0.15, 0.2) is 24.3 Å². The Morgan fingerprint density at radius 1 is 0.397 bits per heavy atom. The third kappa shape index (κ3) is 53.7. The monoisotopic (exact) mass is 958 g/mol. The van der Waals surface area contributed by atoms with Crippen molar-refractivity contribution in [3.63, 3.8) is 0 Å². The number of hydrogen-bond donors (Lipinski definition) is 3. The van der Waals surface area contributed by atoms with Crippen molar-refractivity contribution in [2.75, 3.05) is 13.2 Å². The van der Waals surface area contributed by atoms with Crippen molar-refractivity contribution >= 4 is 11.9 Å². The Balaban J connectivity index is 3.40. The third-order valence-corrected chi connectivity index (χ3v) is 14.2. The lowest BCUT2D eigenvalue weighted by Crippen LogP contribution is -2.45. The number of aliphatic hydroxyl groups is 2. The molecule has 0 aromatic carbocycles. The summed E-state index contributed by atoms with van der Waals surface area (Å²) in [5.41, 5.74) is 0. The Kier molecular flexibility index (Phi) is 56.5. The molecule has 0 radical (unpaired) electrons. The van der Waals surface area contributed by atoms with Gasteiger partial charge in [-0.05, 0) is 57.8 Å². The van der Waals surface area contributed by atoms with Gasteiger partial charge < -0.3 is 20.3 Å². The summed E-state index contributed by atoms with van der Waals surface area (Å²) in [5.74, 6) is -0.0627. The van der Waals surface area contributed by atoms with E-state index >= 15 is 0 Å². The molecule has 0 heterocycles. The van der Waals surface area contributed by atoms with Crippen molar-refractivity contribution in [2.24, 2.45) is 0 Å². The molecule has 3 N–H and O–H groups in total. The minimum atomic E-state index is -0.844. The molecule has 0 saturated carbocycles. The Morgan fingerprint density at radius 3 is 1.06 bits per heavy atom. The Morgan fingerprint density at radius 2 is 0.691 bits per heavy atom. The number of amides is 1. The number of unbranched alkanes of at least 4 members (excludes halogenated alkanes) is 44. The number of nitrogens with one attached hydrogen (secondary N) is 1. The Bertz CT molecular complexity index is 1060. The van der Waals surface area contributed by atoms with Gasteiger partial charge in [-0.25, -0.2) is 0 Å². The van der Waals surface area contributed by atoms with Crippen molar-refractivity contribution in [2.45, 2.75) is 347 Å². The highest BCUT2D eigenvalue weighted by molar-refractivity contribution is 5.76. The first-order valence-electron chi connectivity index (χ1n) is 30.6. The first kappa shape index (κ1) is 66.3. The SMILES string of the molecule is CCCCCC/C=C\CCCCCCCC(=O)OCCCCCCCCCCCCCCCCCCCCCCCCC(=O)NC(CO)C(O)/C=C/CCCCCCCCCCCCCCCC. The zero-order chi connectivity index (χ0) is 49.3. The van der Waals surface area contributed by atoms with Gasteiger partial charge in [0.2, 0.25) is 5.91 Å². The molecule has 0 aliphatic rings. The molecule has 0 aliphatic carbocycles. The normalized spacial score (nSPS) is 12.7. The van der Waals surface area contributed by atoms with E-state index in [1.165, 1.54) is 263 Å². The average Bonchev–Trinajstić information content (AvgIpc) is 3.34. The topological polar surface area (TPSA) is 95.9 Å². The summed E-state index contributed by atoms with van der Waals surface area (Å²) in [5, 5.41) is 23.1. The highest BCUT2D eigenvalue weighted by atomic mass is 16.5. The van der Waals surface area contributed by atoms with Gasteiger partial charge in [0.15, 0.2) is 0 Å². The van der Waals surface area contributed by atoms with Gasteiger partial charge in [-0.15, -0.1) is 0 Å². The molecular weight excluding hydrogens is 839 g/mol. The molecule has 0 aromatic rings. The van der Waals surface area contributed by atoms with E-state index in [0.29, 0.717) is 19.4 Å². The third-order valence-electron chi connectivity index (χ3n) is 14.2. The maximum atomic E-state index is 12.5. The number of carbonyl (C=O) groups is 2. The first-order chi connectivity index (χ1) is 33.5. The van der Waals surface area contributed by atoms with Crippen LogP contribution in [0.4, 0.5) is 0 Å². The van der Waals surface area contributed by atoms with Crippen LogP contribution >= 0.6 is 0 Å². The van der Waals surface area contributed by atoms with Gasteiger partial charge in [-0.2, -0.15) is 0 Å². The molecule has 0 bridgehead atoms. The fourth-order valence-corrected chi connectivity index (χ4v) is 9.51. The van der Waals surface area contributed by atoms with Gasteiger partial charge in [0.25, 0.3) is 0 Å². The molecule has 2 unspecified atom stereocenters. The molecule has 0 spiro atoms. The zero-order valence-electron chi connectivity index (χ0n) is 45.9. The second kappa shape index (κ2) is 57.9. The van der Waals surface area contributed by atoms with E-state index in [0.717, 1.165) is 44.9 Å². The minimum Gasteiger partial charge on any atom is -0.466 e. The fourth-order valence-electron chi connectivity index (χ4n) is 9.51. The minimum absolute atomic E-state index is 0.00367. The summed E-state index contributed by atoms with van der Waals surface area (Å²) in [6, 6.07) is -0.628. The lowest BCUT2D eigenvalue weighted by Gasteiger charge is -2.20. The van der Waals surface area contributed by atoms with Gasteiger partial charge in [0, 0.05) is 12.8 Å². The van der Waals surface area contributed by atoms with E-state index < -0.39 is 12.1 Å². The van der Waals surface area contributed by atoms with Gasteiger partial charge in [0.1, 0.15) is 0 Å². The predicted molar refractivity (Wildman–Crippen MR) is 296 cm³/mol. The van der Waals surface area contributed by atoms with Crippen LogP contribution in [0.1, 0.15) is 335 Å². The van der Waals surface area contributed by atoms with Gasteiger partial charge in [-0.1, -0.05) is 289 Å². The summed E-state index contributed by atoms with van der Waals surface area (Å²) in [4.78, 5) is 24.5. The van der Waals surface area contributed by atoms with Crippen molar-refractivity contribution < 1.29 is 24.5 Å². The van der Waals surface area contributed by atoms with Crippen LogP contribution < -0.4 is 5.32 Å². The quantitative estimate of drug-likeness (QED) is 0.0321. The summed E-state index contributed by atoms with van der Waals surface area (Å²) in [7, 11) is 0. The molecule has 6 nitrogen and oxygen atoms in total. The number of rotatable bonds is 57. The first-order valence-corrected chi connectivity index (χ1v) is 30.6. The number of hydrogen-bond acceptors (Lipinski definition) is 5. The van der Waals surface area contributed by atoms with Crippen LogP contribution in [0.5, 0.6) is 0 Å². The van der Waals surface area contributed by atoms with Gasteiger partial charge in [-0.3, -0.25) is 9.59 Å². The second-order valence-electron chi connectivity index (χ2n) is 21.0. The molecule has 0 rings (SSSR count). The van der Waals surface area contributed by atoms with E-state index in [1.807, 2.05) is 6.08 Å². The molecule has 2 atom stereocenters. The summed E-state index contributed by atoms with van der Waals surface area (Å²) >= 11 is 0. The highest BCUT2D eigenvalue weighted by Gasteiger charge is 2.18. The van der Waals surface area contributed by atoms with Crippen molar-refractivity contribution in [1.29, 1.82) is 0 Å². The van der Waals surface area contributed by atoms with Crippen molar-refractivity contribution in [3.05, 3.63) is 24.3 Å². The second-order valence-corrected chi connectivity index (χ2v) is 21.0. The number of allylic oxidation sites excluding steroid dienone is 3. The van der Waals surface area contributed by atoms with E-state index in [-0.39, 0.29) is 18.5 Å².